The molecule has 0 bridgehead atoms. The Morgan fingerprint density at radius 2 is 1.09 bits per heavy atom. The van der Waals surface area contributed by atoms with E-state index in [-0.39, 0.29) is 0 Å². The summed E-state index contributed by atoms with van der Waals surface area (Å²) < 4.78 is 13.1. The van der Waals surface area contributed by atoms with E-state index < -0.39 is 0 Å². The van der Waals surface area contributed by atoms with Gasteiger partial charge in [0.05, 0.1) is 24.8 Å². The second-order valence-corrected chi connectivity index (χ2v) is 12.5. The molecule has 1 aliphatic rings. The zero-order valence-corrected chi connectivity index (χ0v) is 27.0. The molecule has 0 aromatic heterocycles. The van der Waals surface area contributed by atoms with Crippen LogP contribution >= 0.6 is 0 Å². The highest BCUT2D eigenvalue weighted by Gasteiger charge is 2.30. The Labute approximate surface area is 272 Å². The normalized spacial score (nSPS) is 11.7. The van der Waals surface area contributed by atoms with Crippen LogP contribution in [0.5, 0.6) is 11.5 Å². The lowest BCUT2D eigenvalue weighted by molar-refractivity contribution is 0.259. The first-order valence-corrected chi connectivity index (χ1v) is 17.1. The predicted octanol–water partition coefficient (Wildman–Crippen LogP) is 12.3. The molecule has 0 unspecified atom stereocenters. The van der Waals surface area contributed by atoms with E-state index >= 15 is 0 Å². The van der Waals surface area contributed by atoms with E-state index in [0.29, 0.717) is 18.8 Å². The number of nitrogens with zero attached hydrogens (tertiary/aromatic N) is 1. The quantitative estimate of drug-likeness (QED) is 0.0972. The van der Waals surface area contributed by atoms with Gasteiger partial charge in [-0.2, -0.15) is 5.26 Å². The number of fused-ring (bicyclic) bond motifs is 7. The molecule has 7 rings (SSSR count). The molecule has 230 valence electrons. The highest BCUT2D eigenvalue weighted by molar-refractivity contribution is 6.33. The molecule has 3 nitrogen and oxygen atoms in total. The summed E-state index contributed by atoms with van der Waals surface area (Å²) >= 11 is 0. The molecule has 0 aliphatic heterocycles. The highest BCUT2D eigenvalue weighted by atomic mass is 16.5. The maximum atomic E-state index is 9.50. The average Bonchev–Trinajstić information content (AvgIpc) is 3.43. The molecule has 3 heteroatoms. The van der Waals surface area contributed by atoms with Gasteiger partial charge >= 0.3 is 0 Å². The van der Waals surface area contributed by atoms with Gasteiger partial charge in [-0.1, -0.05) is 113 Å². The second-order valence-electron chi connectivity index (χ2n) is 12.5. The molecule has 0 amide bonds. The van der Waals surface area contributed by atoms with E-state index in [9.17, 15) is 5.26 Å². The van der Waals surface area contributed by atoms with Crippen molar-refractivity contribution >= 4 is 32.3 Å². The highest BCUT2D eigenvalue weighted by Crippen LogP contribution is 2.57. The lowest BCUT2D eigenvalue weighted by Gasteiger charge is -2.17. The van der Waals surface area contributed by atoms with Crippen LogP contribution in [0, 0.1) is 11.3 Å². The molecule has 0 saturated carbocycles. The van der Waals surface area contributed by atoms with Crippen LogP contribution in [0.1, 0.15) is 70.8 Å². The lowest BCUT2D eigenvalue weighted by atomic mass is 9.86. The van der Waals surface area contributed by atoms with Crippen LogP contribution in [0.3, 0.4) is 0 Å². The number of nitriles is 1. The van der Waals surface area contributed by atoms with E-state index in [1.165, 1.54) is 98.7 Å². The Morgan fingerprint density at radius 1 is 0.543 bits per heavy atom. The third-order valence-corrected chi connectivity index (χ3v) is 9.47. The van der Waals surface area contributed by atoms with Gasteiger partial charge in [0, 0.05) is 0 Å². The van der Waals surface area contributed by atoms with Gasteiger partial charge in [-0.3, -0.25) is 0 Å². The van der Waals surface area contributed by atoms with Gasteiger partial charge < -0.3 is 9.47 Å². The molecule has 46 heavy (non-hydrogen) atoms. The van der Waals surface area contributed by atoms with Crippen LogP contribution in [-0.2, 0) is 0 Å². The molecule has 0 fully saturated rings. The molecule has 6 aromatic carbocycles. The minimum absolute atomic E-state index is 0.668. The first-order valence-electron chi connectivity index (χ1n) is 17.1. The number of unbranched alkanes of at least 4 members (excludes halogenated alkanes) is 6. The Hall–Kier alpha value is -4.81. The fraction of sp³-hybridized carbons (Fsp3) is 0.279. The molecule has 0 spiro atoms. The zero-order valence-electron chi connectivity index (χ0n) is 27.0. The van der Waals surface area contributed by atoms with E-state index in [0.717, 1.165) is 29.9 Å². The second kappa shape index (κ2) is 13.3. The lowest BCUT2D eigenvalue weighted by Crippen LogP contribution is -2.03. The van der Waals surface area contributed by atoms with Crippen molar-refractivity contribution in [3.8, 4) is 50.9 Å². The van der Waals surface area contributed by atoms with Crippen LogP contribution < -0.4 is 9.47 Å². The van der Waals surface area contributed by atoms with Crippen molar-refractivity contribution in [3.63, 3.8) is 0 Å². The van der Waals surface area contributed by atoms with Gasteiger partial charge in [0.2, 0.25) is 0 Å². The van der Waals surface area contributed by atoms with Crippen LogP contribution in [0.4, 0.5) is 0 Å². The van der Waals surface area contributed by atoms with E-state index in [2.05, 4.69) is 98.8 Å². The van der Waals surface area contributed by atoms with Crippen molar-refractivity contribution in [2.75, 3.05) is 13.2 Å². The van der Waals surface area contributed by atoms with Crippen LogP contribution in [0.15, 0.2) is 91.0 Å². The van der Waals surface area contributed by atoms with Crippen molar-refractivity contribution in [2.45, 2.75) is 65.2 Å². The van der Waals surface area contributed by atoms with Gasteiger partial charge in [-0.05, 0) is 109 Å². The van der Waals surface area contributed by atoms with Crippen molar-refractivity contribution in [3.05, 3.63) is 96.6 Å². The maximum absolute atomic E-state index is 9.50. The Morgan fingerprint density at radius 3 is 1.67 bits per heavy atom. The van der Waals surface area contributed by atoms with Crippen molar-refractivity contribution in [2.24, 2.45) is 0 Å². The number of benzene rings is 6. The summed E-state index contributed by atoms with van der Waals surface area (Å²) in [6.07, 6.45) is 9.30. The Bertz CT molecular complexity index is 2040. The zero-order chi connectivity index (χ0) is 31.5. The first kappa shape index (κ1) is 29.9. The van der Waals surface area contributed by atoms with Crippen LogP contribution in [0.25, 0.3) is 65.7 Å². The molecular weight excluding hydrogens is 562 g/mol. The SMILES string of the molecule is CCCCCCOc1cc2c(cc1OCCCCCC)-c1c3ccccc3c(-c3ccc(C#N)cc3)c3cc4ccccc4c-2c13. The first-order chi connectivity index (χ1) is 22.7. The number of hydrogen-bond donors (Lipinski definition) is 0. The molecule has 0 radical (unpaired) electrons. The summed E-state index contributed by atoms with van der Waals surface area (Å²) in [5.74, 6) is 1.69. The third kappa shape index (κ3) is 5.37. The summed E-state index contributed by atoms with van der Waals surface area (Å²) in [6.45, 7) is 5.86. The van der Waals surface area contributed by atoms with Crippen LogP contribution in [-0.4, -0.2) is 13.2 Å². The molecule has 0 heterocycles. The molecule has 0 saturated heterocycles. The van der Waals surface area contributed by atoms with Gasteiger partial charge in [-0.15, -0.1) is 0 Å². The molecule has 6 aromatic rings. The monoisotopic (exact) mass is 603 g/mol. The topological polar surface area (TPSA) is 42.2 Å². The van der Waals surface area contributed by atoms with Gasteiger partial charge in [0.25, 0.3) is 0 Å². The van der Waals surface area contributed by atoms with E-state index in [1.807, 2.05) is 12.1 Å². The average molecular weight is 604 g/mol. The fourth-order valence-electron chi connectivity index (χ4n) is 7.21. The number of hydrogen-bond acceptors (Lipinski definition) is 3. The van der Waals surface area contributed by atoms with Crippen LogP contribution in [0.2, 0.25) is 0 Å². The van der Waals surface area contributed by atoms with Crippen molar-refractivity contribution < 1.29 is 9.47 Å². The largest absolute Gasteiger partial charge is 0.490 e. The number of ether oxygens (including phenoxy) is 2. The molecule has 1 aliphatic carbocycles. The van der Waals surface area contributed by atoms with Gasteiger partial charge in [-0.25, -0.2) is 0 Å². The minimum Gasteiger partial charge on any atom is -0.490 e. The minimum atomic E-state index is 0.668. The standard InChI is InChI=1S/C43H41NO2/c1-3-5-7-13-23-45-38-26-35-36(27-39(38)46-24-14-8-6-4-2)42-34-18-12-11-17-33(34)40(30-21-19-29(28-44)20-22-30)37-25-31-15-9-10-16-32(31)41(35)43(37)42/h9-12,15-22,25-27H,3-8,13-14,23-24H2,1-2H3. The summed E-state index contributed by atoms with van der Waals surface area (Å²) in [4.78, 5) is 0. The van der Waals surface area contributed by atoms with Crippen molar-refractivity contribution in [1.29, 1.82) is 5.26 Å². The number of rotatable bonds is 13. The fourth-order valence-corrected chi connectivity index (χ4v) is 7.21. The maximum Gasteiger partial charge on any atom is 0.161 e. The molecule has 0 atom stereocenters. The summed E-state index contributed by atoms with van der Waals surface area (Å²) in [5.41, 5.74) is 7.95. The van der Waals surface area contributed by atoms with Gasteiger partial charge in [0.15, 0.2) is 11.5 Å². The smallest absolute Gasteiger partial charge is 0.161 e. The summed E-state index contributed by atoms with van der Waals surface area (Å²) in [7, 11) is 0. The predicted molar refractivity (Wildman–Crippen MR) is 193 cm³/mol. The Kier molecular flexibility index (Phi) is 8.62. The molecular formula is C43H41NO2. The van der Waals surface area contributed by atoms with E-state index in [4.69, 9.17) is 9.47 Å². The summed E-state index contributed by atoms with van der Waals surface area (Å²) in [5, 5.41) is 16.9. The third-order valence-electron chi connectivity index (χ3n) is 9.47. The van der Waals surface area contributed by atoms with Crippen molar-refractivity contribution in [1.82, 2.24) is 0 Å². The Balaban J connectivity index is 1.47. The van der Waals surface area contributed by atoms with Gasteiger partial charge in [0.1, 0.15) is 0 Å². The van der Waals surface area contributed by atoms with E-state index in [1.54, 1.807) is 0 Å². The molecule has 0 N–H and O–H groups in total. The summed E-state index contributed by atoms with van der Waals surface area (Å²) in [6, 6.07) is 34.7.